The molecule has 0 aromatic heterocycles. The number of hydrogen-bond acceptors (Lipinski definition) is 1. The van der Waals surface area contributed by atoms with Crippen molar-refractivity contribution in [3.05, 3.63) is 0 Å². The van der Waals surface area contributed by atoms with Gasteiger partial charge in [0.25, 0.3) is 7.52 Å². The first-order valence-corrected chi connectivity index (χ1v) is 6.14. The largest absolute Gasteiger partial charge is 0.333 e. The summed E-state index contributed by atoms with van der Waals surface area (Å²) in [5, 5.41) is 0. The summed E-state index contributed by atoms with van der Waals surface area (Å²) in [6.45, 7) is 6.87. The first-order valence-electron chi connectivity index (χ1n) is 4.08. The predicted octanol–water partition coefficient (Wildman–Crippen LogP) is 1.92. The minimum Gasteiger partial charge on any atom is -0.333 e. The van der Waals surface area contributed by atoms with Gasteiger partial charge in [-0.3, -0.25) is 4.57 Å². The zero-order valence-corrected chi connectivity index (χ0v) is 8.47. The number of nitrogens with zero attached hydrogens (tertiary/aromatic N) is 1. The van der Waals surface area contributed by atoms with Crippen LogP contribution in [0.2, 0.25) is 0 Å². The van der Waals surface area contributed by atoms with E-state index in [-0.39, 0.29) is 0 Å². The van der Waals surface area contributed by atoms with E-state index in [2.05, 4.69) is 0 Å². The van der Waals surface area contributed by atoms with E-state index >= 15 is 0 Å². The zero-order valence-electron chi connectivity index (χ0n) is 7.58. The van der Waals surface area contributed by atoms with Gasteiger partial charge in [0, 0.05) is 19.8 Å². The molecule has 0 bridgehead atoms. The second-order valence-electron chi connectivity index (χ2n) is 2.79. The minimum atomic E-state index is -2.98. The van der Waals surface area contributed by atoms with Crippen LogP contribution in [0.3, 0.4) is 0 Å². The molecule has 0 fully saturated rings. The Labute approximate surface area is 68.9 Å². The van der Waals surface area contributed by atoms with Gasteiger partial charge >= 0.3 is 0 Å². The molecule has 0 aliphatic heterocycles. The first kappa shape index (κ1) is 11.2. The minimum absolute atomic E-state index is 0.720. The van der Waals surface area contributed by atoms with E-state index in [9.17, 15) is 9.46 Å². The maximum atomic E-state index is 11.2. The van der Waals surface area contributed by atoms with Gasteiger partial charge in [0.05, 0.1) is 0 Å². The van der Waals surface area contributed by atoms with Crippen LogP contribution in [0, 0.1) is 0 Å². The molecular weight excluding hydrogens is 161 g/mol. The van der Waals surface area contributed by atoms with Crippen molar-refractivity contribution >= 4 is 7.52 Å². The lowest BCUT2D eigenvalue weighted by atomic mass is 10.4. The molecule has 1 N–H and O–H groups in total. The van der Waals surface area contributed by atoms with Gasteiger partial charge in [0.2, 0.25) is 0 Å². The highest BCUT2D eigenvalue weighted by molar-refractivity contribution is 7.54. The van der Waals surface area contributed by atoms with Crippen LogP contribution >= 0.6 is 7.52 Å². The van der Waals surface area contributed by atoms with Crippen molar-refractivity contribution in [2.45, 2.75) is 26.7 Å². The Balaban J connectivity index is 3.99. The molecule has 0 aromatic rings. The lowest BCUT2D eigenvalue weighted by molar-refractivity contribution is 0.349. The maximum Gasteiger partial charge on any atom is 0.266 e. The molecule has 0 saturated carbocycles. The topological polar surface area (TPSA) is 40.5 Å². The van der Waals surface area contributed by atoms with Gasteiger partial charge in [-0.2, -0.15) is 0 Å². The number of rotatable bonds is 5. The van der Waals surface area contributed by atoms with E-state index in [0.29, 0.717) is 0 Å². The van der Waals surface area contributed by atoms with Gasteiger partial charge in [-0.15, -0.1) is 0 Å². The molecule has 0 spiro atoms. The third-order valence-electron chi connectivity index (χ3n) is 1.49. The molecule has 3 nitrogen and oxygen atoms in total. The average molecular weight is 179 g/mol. The van der Waals surface area contributed by atoms with Crippen LogP contribution in [0.1, 0.15) is 26.7 Å². The van der Waals surface area contributed by atoms with E-state index in [0.717, 1.165) is 25.9 Å². The fraction of sp³-hybridized carbons (Fsp3) is 1.00. The van der Waals surface area contributed by atoms with Gasteiger partial charge in [0.1, 0.15) is 0 Å². The molecule has 11 heavy (non-hydrogen) atoms. The van der Waals surface area contributed by atoms with Crippen LogP contribution in [0.5, 0.6) is 0 Å². The Morgan fingerprint density at radius 1 is 1.27 bits per heavy atom. The van der Waals surface area contributed by atoms with E-state index in [1.54, 1.807) is 4.67 Å². The summed E-state index contributed by atoms with van der Waals surface area (Å²) in [6, 6.07) is 0. The Kier molecular flexibility index (Phi) is 4.98. The summed E-state index contributed by atoms with van der Waals surface area (Å²) in [5.74, 6) is 0. The molecule has 1 unspecified atom stereocenters. The summed E-state index contributed by atoms with van der Waals surface area (Å²) in [7, 11) is -2.98. The summed E-state index contributed by atoms with van der Waals surface area (Å²) in [4.78, 5) is 9.22. The van der Waals surface area contributed by atoms with Gasteiger partial charge in [-0.05, 0) is 12.8 Å². The van der Waals surface area contributed by atoms with Crippen LogP contribution in [-0.4, -0.2) is 29.3 Å². The van der Waals surface area contributed by atoms with Gasteiger partial charge in [0.15, 0.2) is 0 Å². The Morgan fingerprint density at radius 2 is 1.64 bits per heavy atom. The Bertz CT molecular complexity index is 137. The quantitative estimate of drug-likeness (QED) is 0.655. The van der Waals surface area contributed by atoms with Crippen LogP contribution in [0.25, 0.3) is 0 Å². The van der Waals surface area contributed by atoms with Crippen molar-refractivity contribution in [3.63, 3.8) is 0 Å². The van der Waals surface area contributed by atoms with Gasteiger partial charge in [-0.25, -0.2) is 4.67 Å². The zero-order chi connectivity index (χ0) is 8.91. The highest BCUT2D eigenvalue weighted by Gasteiger charge is 2.19. The Morgan fingerprint density at radius 3 is 1.82 bits per heavy atom. The second-order valence-corrected chi connectivity index (χ2v) is 5.03. The first-order chi connectivity index (χ1) is 5.02. The lowest BCUT2D eigenvalue weighted by Gasteiger charge is -2.23. The Hall–Kier alpha value is 0.150. The predicted molar refractivity (Wildman–Crippen MR) is 47.9 cm³/mol. The molecule has 0 rings (SSSR count). The van der Waals surface area contributed by atoms with Crippen LogP contribution < -0.4 is 0 Å². The molecule has 0 radical (unpaired) electrons. The van der Waals surface area contributed by atoms with E-state index in [1.807, 2.05) is 13.8 Å². The third kappa shape index (κ3) is 4.57. The van der Waals surface area contributed by atoms with Crippen molar-refractivity contribution in [2.75, 3.05) is 19.8 Å². The normalized spacial score (nSPS) is 16.8. The van der Waals surface area contributed by atoms with Gasteiger partial charge in [-0.1, -0.05) is 13.8 Å². The fourth-order valence-electron chi connectivity index (χ4n) is 0.999. The van der Waals surface area contributed by atoms with Crippen LogP contribution in [0.4, 0.5) is 0 Å². The highest BCUT2D eigenvalue weighted by Crippen LogP contribution is 2.40. The monoisotopic (exact) mass is 179 g/mol. The van der Waals surface area contributed by atoms with Crippen molar-refractivity contribution in [1.82, 2.24) is 4.67 Å². The van der Waals surface area contributed by atoms with Crippen molar-refractivity contribution < 1.29 is 9.46 Å². The number of hydrogen-bond donors (Lipinski definition) is 1. The molecule has 0 heterocycles. The van der Waals surface area contributed by atoms with Crippen molar-refractivity contribution in [1.29, 1.82) is 0 Å². The molecule has 0 saturated heterocycles. The standard InChI is InChI=1S/C7H18NO2P/c1-4-6-8(7-5-2)11(3,9)10/h4-7H2,1-3H3,(H,9,10). The van der Waals surface area contributed by atoms with Gasteiger partial charge < -0.3 is 4.89 Å². The molecule has 0 aromatic carbocycles. The van der Waals surface area contributed by atoms with E-state index < -0.39 is 7.52 Å². The molecule has 68 valence electrons. The molecule has 4 heteroatoms. The molecule has 0 aliphatic carbocycles. The summed E-state index contributed by atoms with van der Waals surface area (Å²) in [5.41, 5.74) is 0. The maximum absolute atomic E-state index is 11.2. The smallest absolute Gasteiger partial charge is 0.266 e. The van der Waals surface area contributed by atoms with Crippen LogP contribution in [0.15, 0.2) is 0 Å². The summed E-state index contributed by atoms with van der Waals surface area (Å²) in [6.07, 6.45) is 1.86. The summed E-state index contributed by atoms with van der Waals surface area (Å²) >= 11 is 0. The molecule has 1 atom stereocenters. The molecule has 0 amide bonds. The fourth-order valence-corrected chi connectivity index (χ4v) is 2.14. The molecule has 0 aliphatic rings. The van der Waals surface area contributed by atoms with Crippen molar-refractivity contribution in [2.24, 2.45) is 0 Å². The third-order valence-corrected chi connectivity index (χ3v) is 2.94. The average Bonchev–Trinajstić information content (AvgIpc) is 1.85. The van der Waals surface area contributed by atoms with Crippen LogP contribution in [-0.2, 0) is 4.57 Å². The lowest BCUT2D eigenvalue weighted by Crippen LogP contribution is -2.21. The SMILES string of the molecule is CCCN(CCC)P(C)(=O)O. The highest BCUT2D eigenvalue weighted by atomic mass is 31.2. The molecular formula is C7H18NO2P. The second kappa shape index (κ2) is 4.91. The van der Waals surface area contributed by atoms with Crippen molar-refractivity contribution in [3.8, 4) is 0 Å². The summed E-state index contributed by atoms with van der Waals surface area (Å²) < 4.78 is 12.8. The van der Waals surface area contributed by atoms with E-state index in [1.165, 1.54) is 6.66 Å². The van der Waals surface area contributed by atoms with E-state index in [4.69, 9.17) is 0 Å².